The molecule has 6 N–H and O–H groups in total. The highest BCUT2D eigenvalue weighted by atomic mass is 32.2. The van der Waals surface area contributed by atoms with Gasteiger partial charge in [-0.1, -0.05) is 24.3 Å². The van der Waals surface area contributed by atoms with Gasteiger partial charge in [-0.2, -0.15) is 0 Å². The molecule has 2 saturated heterocycles. The molecular weight excluding hydrogens is 616 g/mol. The number of carboxylic acids is 1. The van der Waals surface area contributed by atoms with E-state index >= 15 is 0 Å². The van der Waals surface area contributed by atoms with Crippen LogP contribution in [0.2, 0.25) is 0 Å². The maximum atomic E-state index is 13.6. The van der Waals surface area contributed by atoms with Crippen LogP contribution in [0.1, 0.15) is 31.9 Å². The minimum atomic E-state index is -1.40. The normalized spacial score (nSPS) is 21.3. The van der Waals surface area contributed by atoms with Crippen LogP contribution in [0.25, 0.3) is 0 Å². The molecule has 44 heavy (non-hydrogen) atoms. The molecule has 234 valence electrons. The van der Waals surface area contributed by atoms with Gasteiger partial charge in [-0.3, -0.25) is 29.3 Å². The highest BCUT2D eigenvalue weighted by molar-refractivity contribution is 8.01. The fourth-order valence-corrected chi connectivity index (χ4v) is 7.37. The Balaban J connectivity index is 1.55. The predicted molar refractivity (Wildman–Crippen MR) is 159 cm³/mol. The fourth-order valence-electron chi connectivity index (χ4n) is 4.90. The summed E-state index contributed by atoms with van der Waals surface area (Å²) in [4.78, 5) is 76.5. The number of phenolic OH excluding ortho intramolecular Hbond substituents is 1. The van der Waals surface area contributed by atoms with E-state index in [4.69, 9.17) is 0 Å². The Kier molecular flexibility index (Phi) is 9.70. The second-order valence-electron chi connectivity index (χ2n) is 10.5. The number of para-hydroxylation sites is 1. The summed E-state index contributed by atoms with van der Waals surface area (Å²) in [5, 5.41) is 37.8. The molecule has 4 rings (SSSR count). The molecule has 5 atom stereocenters. The molecule has 5 unspecified atom stereocenters. The lowest BCUT2D eigenvalue weighted by Crippen LogP contribution is -2.71. The van der Waals surface area contributed by atoms with Crippen molar-refractivity contribution in [3.8, 4) is 5.75 Å². The zero-order chi connectivity index (χ0) is 32.3. The van der Waals surface area contributed by atoms with E-state index in [0.29, 0.717) is 0 Å². The van der Waals surface area contributed by atoms with Crippen LogP contribution < -0.4 is 20.7 Å². The molecule has 0 radical (unpaired) electrons. The average molecular weight is 647 g/mol. The Morgan fingerprint density at radius 3 is 2.39 bits per heavy atom. The summed E-state index contributed by atoms with van der Waals surface area (Å²) < 4.78 is 1.95. The third-order valence-corrected chi connectivity index (χ3v) is 9.64. The number of rotatable bonds is 12. The third-order valence-electron chi connectivity index (χ3n) is 7.11. The Labute approximate surface area is 259 Å². The van der Waals surface area contributed by atoms with Crippen molar-refractivity contribution in [2.75, 3.05) is 7.05 Å². The lowest BCUT2D eigenvalue weighted by Gasteiger charge is -2.44. The van der Waals surface area contributed by atoms with Gasteiger partial charge in [-0.15, -0.1) is 11.8 Å². The molecule has 0 saturated carbocycles. The summed E-state index contributed by atoms with van der Waals surface area (Å²) in [6.07, 6.45) is -0.389. The number of aliphatic carboxylic acids is 1. The van der Waals surface area contributed by atoms with Crippen molar-refractivity contribution < 1.29 is 39.1 Å². The number of nitro groups is 1. The monoisotopic (exact) mass is 646 g/mol. The van der Waals surface area contributed by atoms with Crippen LogP contribution in [-0.4, -0.2) is 84.9 Å². The predicted octanol–water partition coefficient (Wildman–Crippen LogP) is 0.891. The molecule has 2 aliphatic heterocycles. The van der Waals surface area contributed by atoms with Crippen molar-refractivity contribution in [2.24, 2.45) is 0 Å². The van der Waals surface area contributed by atoms with Gasteiger partial charge in [-0.05, 0) is 49.6 Å². The van der Waals surface area contributed by atoms with Crippen molar-refractivity contribution in [1.82, 2.24) is 25.6 Å². The second-order valence-corrected chi connectivity index (χ2v) is 13.1. The van der Waals surface area contributed by atoms with E-state index in [1.54, 1.807) is 19.9 Å². The molecule has 0 spiro atoms. The van der Waals surface area contributed by atoms with Crippen LogP contribution in [0.15, 0.2) is 53.4 Å². The van der Waals surface area contributed by atoms with E-state index in [1.165, 1.54) is 66.2 Å². The summed E-state index contributed by atoms with van der Waals surface area (Å²) >= 11 is 2.00. The van der Waals surface area contributed by atoms with Crippen LogP contribution in [0.3, 0.4) is 0 Å². The lowest BCUT2D eigenvalue weighted by atomic mass is 9.95. The topological polar surface area (TPSA) is 220 Å². The van der Waals surface area contributed by atoms with E-state index < -0.39 is 68.8 Å². The van der Waals surface area contributed by atoms with E-state index in [1.807, 2.05) is 0 Å². The summed E-state index contributed by atoms with van der Waals surface area (Å²) in [6.45, 7) is 3.39. The van der Waals surface area contributed by atoms with Crippen molar-refractivity contribution in [3.05, 3.63) is 64.2 Å². The van der Waals surface area contributed by atoms with E-state index in [2.05, 4.69) is 20.7 Å². The molecular formula is C27H30N6O9S2. The molecule has 2 fully saturated rings. The number of aromatic hydroxyl groups is 1. The lowest BCUT2D eigenvalue weighted by molar-refractivity contribution is -0.387. The van der Waals surface area contributed by atoms with Crippen LogP contribution in [-0.2, 0) is 24.0 Å². The van der Waals surface area contributed by atoms with Gasteiger partial charge in [-0.25, -0.2) is 9.52 Å². The molecule has 2 aromatic carbocycles. The van der Waals surface area contributed by atoms with Gasteiger partial charge in [0.05, 0.1) is 11.3 Å². The summed E-state index contributed by atoms with van der Waals surface area (Å²) in [5.41, 5.74) is 0.0212. The molecule has 0 aliphatic carbocycles. The number of carboxylic acid groups (broad SMARTS) is 1. The molecule has 2 heterocycles. The number of β-lactam (4-membered cyclic amide) rings is 1. The third kappa shape index (κ3) is 6.74. The van der Waals surface area contributed by atoms with Crippen molar-refractivity contribution in [3.63, 3.8) is 0 Å². The Hall–Kier alpha value is -4.35. The molecule has 0 aromatic heterocycles. The number of fused-ring (bicyclic) bond motifs is 1. The highest BCUT2D eigenvalue weighted by Crippen LogP contribution is 2.50. The summed E-state index contributed by atoms with van der Waals surface area (Å²) in [6, 6.07) is 6.39. The quantitative estimate of drug-likeness (QED) is 0.0820. The molecule has 2 aliphatic rings. The number of phenols is 1. The minimum Gasteiger partial charge on any atom is -0.508 e. The van der Waals surface area contributed by atoms with Gasteiger partial charge in [0.25, 0.3) is 5.69 Å². The summed E-state index contributed by atoms with van der Waals surface area (Å²) in [5.74, 6) is -3.97. The van der Waals surface area contributed by atoms with Gasteiger partial charge < -0.3 is 31.1 Å². The fraction of sp³-hybridized carbons (Fsp3) is 0.370. The van der Waals surface area contributed by atoms with Gasteiger partial charge in [0.2, 0.25) is 23.6 Å². The van der Waals surface area contributed by atoms with E-state index in [-0.39, 0.29) is 28.3 Å². The number of amides is 4. The first-order chi connectivity index (χ1) is 20.7. The maximum absolute atomic E-state index is 13.6. The number of hydrogen-bond donors (Lipinski definition) is 6. The molecule has 15 nitrogen and oxygen atoms in total. The maximum Gasteiger partial charge on any atom is 0.327 e. The highest BCUT2D eigenvalue weighted by Gasteiger charge is 2.64. The second kappa shape index (κ2) is 13.1. The number of nitrogens with one attached hydrogen (secondary N) is 4. The van der Waals surface area contributed by atoms with Crippen molar-refractivity contribution >= 4 is 59.0 Å². The standard InChI is InChI=1S/C27H30N6O9S2/c1-27(2)21(26(39)40)32-24(38)20(25(32)43-27)30-23(37)19(13-8-10-14(34)11-9-13)29-22(36)15(12-18(35)28-3)31-44-17-7-5-4-6-16(17)33(41)42/h4-11,15,19-21,25,31,34H,12H2,1-3H3,(H,28,35)(H,29,36)(H,30,37)(H,39,40). The van der Waals surface area contributed by atoms with E-state index in [0.717, 1.165) is 11.9 Å². The van der Waals surface area contributed by atoms with Crippen LogP contribution >= 0.6 is 23.7 Å². The van der Waals surface area contributed by atoms with Crippen LogP contribution in [0.4, 0.5) is 5.69 Å². The molecule has 0 bridgehead atoms. The zero-order valence-electron chi connectivity index (χ0n) is 23.7. The van der Waals surface area contributed by atoms with Crippen molar-refractivity contribution in [1.29, 1.82) is 0 Å². The Bertz CT molecular complexity index is 1490. The van der Waals surface area contributed by atoms with Crippen LogP contribution in [0, 0.1) is 10.1 Å². The molecule has 4 amide bonds. The average Bonchev–Trinajstić information content (AvgIpc) is 3.24. The first kappa shape index (κ1) is 32.6. The molecule has 2 aromatic rings. The number of carbonyl (C=O) groups excluding carboxylic acids is 4. The van der Waals surface area contributed by atoms with Crippen molar-refractivity contribution in [2.45, 2.75) is 59.5 Å². The summed E-state index contributed by atoms with van der Waals surface area (Å²) in [7, 11) is 1.37. The Morgan fingerprint density at radius 2 is 1.77 bits per heavy atom. The van der Waals surface area contributed by atoms with Gasteiger partial charge >= 0.3 is 5.97 Å². The zero-order valence-corrected chi connectivity index (χ0v) is 25.3. The SMILES string of the molecule is CNC(=O)CC(NSc1ccccc1[N+](=O)[O-])C(=O)NC(C(=O)NC1C(=O)N2C1SC(C)(C)C2C(=O)O)c1ccc(O)cc1. The number of nitrogens with zero attached hydrogens (tertiary/aromatic N) is 2. The van der Waals surface area contributed by atoms with Gasteiger partial charge in [0.15, 0.2) is 0 Å². The minimum absolute atomic E-state index is 0.103. The number of benzene rings is 2. The van der Waals surface area contributed by atoms with Crippen LogP contribution in [0.5, 0.6) is 5.75 Å². The van der Waals surface area contributed by atoms with Gasteiger partial charge in [0.1, 0.15) is 40.2 Å². The smallest absolute Gasteiger partial charge is 0.327 e. The number of thioether (sulfide) groups is 1. The largest absolute Gasteiger partial charge is 0.508 e. The Morgan fingerprint density at radius 1 is 1.11 bits per heavy atom. The van der Waals surface area contributed by atoms with E-state index in [9.17, 15) is 44.3 Å². The number of hydrogen-bond acceptors (Lipinski definition) is 11. The van der Waals surface area contributed by atoms with Gasteiger partial charge in [0, 0.05) is 17.9 Å². The number of nitro benzene ring substituents is 1. The number of carbonyl (C=O) groups is 5. The first-order valence-electron chi connectivity index (χ1n) is 13.2. The molecule has 17 heteroatoms. The first-order valence-corrected chi connectivity index (χ1v) is 14.9.